The van der Waals surface area contributed by atoms with Gasteiger partial charge in [0.05, 0.1) is 12.8 Å². The standard InChI is InChI=1S/C24H28N4O4/c1-2-5-20-7-4-8-21(24(20)31)15-25-26-23(30)17-28-12-10-27(11-13-28)16-19-6-3-9-22(14-19)32-18-29/h2-4,6-9,14-15,18,31H,1,5,10-13,16-17H2,(H,26,30)/b25-15+. The van der Waals surface area contributed by atoms with Gasteiger partial charge in [-0.1, -0.05) is 30.3 Å². The number of amides is 1. The number of nitrogens with one attached hydrogen (secondary N) is 1. The van der Waals surface area contributed by atoms with Crippen molar-refractivity contribution in [2.24, 2.45) is 5.10 Å². The van der Waals surface area contributed by atoms with Gasteiger partial charge < -0.3 is 9.84 Å². The summed E-state index contributed by atoms with van der Waals surface area (Å²) < 4.78 is 4.90. The maximum absolute atomic E-state index is 12.2. The minimum absolute atomic E-state index is 0.143. The van der Waals surface area contributed by atoms with Crippen molar-refractivity contribution in [3.05, 3.63) is 71.8 Å². The van der Waals surface area contributed by atoms with Gasteiger partial charge in [-0.3, -0.25) is 19.4 Å². The number of rotatable bonds is 10. The Bertz CT molecular complexity index is 968. The molecule has 2 aromatic carbocycles. The number of aromatic hydroxyl groups is 1. The van der Waals surface area contributed by atoms with Crippen LogP contribution in [0.25, 0.3) is 0 Å². The van der Waals surface area contributed by atoms with Crippen LogP contribution in [0, 0.1) is 0 Å². The summed E-state index contributed by atoms with van der Waals surface area (Å²) in [6, 6.07) is 12.9. The summed E-state index contributed by atoms with van der Waals surface area (Å²) in [6.07, 6.45) is 3.72. The molecule has 1 aliphatic heterocycles. The number of piperazine rings is 1. The number of hydrogen-bond donors (Lipinski definition) is 2. The van der Waals surface area contributed by atoms with E-state index in [0.717, 1.165) is 43.9 Å². The van der Waals surface area contributed by atoms with Crippen molar-refractivity contribution in [1.29, 1.82) is 0 Å². The zero-order chi connectivity index (χ0) is 22.8. The molecule has 0 aliphatic carbocycles. The van der Waals surface area contributed by atoms with Crippen LogP contribution in [0.2, 0.25) is 0 Å². The summed E-state index contributed by atoms with van der Waals surface area (Å²) in [5, 5.41) is 14.2. The van der Waals surface area contributed by atoms with Gasteiger partial charge in [0.2, 0.25) is 0 Å². The summed E-state index contributed by atoms with van der Waals surface area (Å²) in [5.74, 6) is 0.481. The maximum atomic E-state index is 12.2. The first-order valence-electron chi connectivity index (χ1n) is 10.5. The molecule has 1 heterocycles. The van der Waals surface area contributed by atoms with Crippen LogP contribution >= 0.6 is 0 Å². The number of ether oxygens (including phenoxy) is 1. The molecule has 0 atom stereocenters. The minimum Gasteiger partial charge on any atom is -0.507 e. The van der Waals surface area contributed by atoms with Crippen LogP contribution in [-0.4, -0.2) is 66.2 Å². The molecule has 0 bridgehead atoms. The van der Waals surface area contributed by atoms with Crippen LogP contribution in [-0.2, 0) is 22.6 Å². The van der Waals surface area contributed by atoms with Gasteiger partial charge in [0.1, 0.15) is 11.5 Å². The zero-order valence-corrected chi connectivity index (χ0v) is 17.9. The number of para-hydroxylation sites is 1. The van der Waals surface area contributed by atoms with Crippen LogP contribution in [0.5, 0.6) is 11.5 Å². The number of carbonyl (C=O) groups is 2. The molecule has 2 N–H and O–H groups in total. The number of hydrogen-bond acceptors (Lipinski definition) is 7. The van der Waals surface area contributed by atoms with Crippen LogP contribution in [0.4, 0.5) is 0 Å². The first kappa shape index (κ1) is 23.2. The maximum Gasteiger partial charge on any atom is 0.298 e. The number of nitrogens with zero attached hydrogens (tertiary/aromatic N) is 3. The number of allylic oxidation sites excluding steroid dienone is 1. The largest absolute Gasteiger partial charge is 0.507 e. The number of hydrazone groups is 1. The van der Waals surface area contributed by atoms with Crippen molar-refractivity contribution < 1.29 is 19.4 Å². The first-order valence-corrected chi connectivity index (χ1v) is 10.5. The van der Waals surface area contributed by atoms with Crippen LogP contribution in [0.1, 0.15) is 16.7 Å². The van der Waals surface area contributed by atoms with Gasteiger partial charge in [-0.05, 0) is 35.7 Å². The Morgan fingerprint density at radius 2 is 1.91 bits per heavy atom. The van der Waals surface area contributed by atoms with Crippen LogP contribution in [0.15, 0.2) is 60.2 Å². The van der Waals surface area contributed by atoms with E-state index >= 15 is 0 Å². The molecule has 2 aromatic rings. The molecule has 3 rings (SSSR count). The third-order valence-corrected chi connectivity index (χ3v) is 5.23. The van der Waals surface area contributed by atoms with Gasteiger partial charge in [-0.2, -0.15) is 5.10 Å². The summed E-state index contributed by atoms with van der Waals surface area (Å²) in [5.41, 5.74) is 4.91. The van der Waals surface area contributed by atoms with Gasteiger partial charge in [-0.25, -0.2) is 5.43 Å². The third kappa shape index (κ3) is 6.76. The fourth-order valence-corrected chi connectivity index (χ4v) is 3.58. The zero-order valence-electron chi connectivity index (χ0n) is 17.9. The number of carbonyl (C=O) groups excluding carboxylic acids is 2. The van der Waals surface area contributed by atoms with E-state index < -0.39 is 0 Å². The molecule has 0 radical (unpaired) electrons. The van der Waals surface area contributed by atoms with E-state index in [1.165, 1.54) is 6.21 Å². The van der Waals surface area contributed by atoms with Crippen LogP contribution < -0.4 is 10.2 Å². The molecule has 0 spiro atoms. The predicted molar refractivity (Wildman–Crippen MR) is 123 cm³/mol. The average molecular weight is 437 g/mol. The number of benzene rings is 2. The van der Waals surface area contributed by atoms with Gasteiger partial charge >= 0.3 is 0 Å². The highest BCUT2D eigenvalue weighted by Crippen LogP contribution is 2.21. The van der Waals surface area contributed by atoms with Gasteiger partial charge in [0, 0.05) is 38.3 Å². The molecule has 168 valence electrons. The highest BCUT2D eigenvalue weighted by atomic mass is 16.5. The SMILES string of the molecule is C=CCc1cccc(/C=N/NC(=O)CN2CCN(Cc3cccc(OC=O)c3)CC2)c1O. The molecule has 1 amide bonds. The molecular formula is C24H28N4O4. The predicted octanol–water partition coefficient (Wildman–Crippen LogP) is 1.92. The van der Waals surface area contributed by atoms with E-state index in [4.69, 9.17) is 4.74 Å². The third-order valence-electron chi connectivity index (χ3n) is 5.23. The van der Waals surface area contributed by atoms with Crippen molar-refractivity contribution in [3.8, 4) is 11.5 Å². The lowest BCUT2D eigenvalue weighted by Crippen LogP contribution is -2.48. The van der Waals surface area contributed by atoms with E-state index in [1.807, 2.05) is 30.3 Å². The second kappa shape index (κ2) is 11.8. The van der Waals surface area contributed by atoms with E-state index in [-0.39, 0.29) is 18.2 Å². The first-order chi connectivity index (χ1) is 15.6. The fourth-order valence-electron chi connectivity index (χ4n) is 3.58. The molecule has 0 aromatic heterocycles. The van der Waals surface area contributed by atoms with Crippen molar-refractivity contribution >= 4 is 18.6 Å². The Morgan fingerprint density at radius 3 is 2.66 bits per heavy atom. The minimum atomic E-state index is -0.199. The molecule has 0 unspecified atom stereocenters. The van der Waals surface area contributed by atoms with E-state index in [2.05, 4.69) is 26.9 Å². The fraction of sp³-hybridized carbons (Fsp3) is 0.292. The molecule has 1 aliphatic rings. The quantitative estimate of drug-likeness (QED) is 0.256. The van der Waals surface area contributed by atoms with E-state index in [9.17, 15) is 14.7 Å². The molecular weight excluding hydrogens is 408 g/mol. The summed E-state index contributed by atoms with van der Waals surface area (Å²) >= 11 is 0. The topological polar surface area (TPSA) is 94.5 Å². The van der Waals surface area contributed by atoms with Crippen molar-refractivity contribution in [3.63, 3.8) is 0 Å². The highest BCUT2D eigenvalue weighted by Gasteiger charge is 2.19. The average Bonchev–Trinajstić information content (AvgIpc) is 2.78. The molecule has 0 saturated carbocycles. The molecule has 32 heavy (non-hydrogen) atoms. The van der Waals surface area contributed by atoms with Gasteiger partial charge in [0.15, 0.2) is 0 Å². The normalized spacial score (nSPS) is 14.9. The Kier molecular flexibility index (Phi) is 8.53. The molecule has 1 saturated heterocycles. The lowest BCUT2D eigenvalue weighted by atomic mass is 10.1. The van der Waals surface area contributed by atoms with Gasteiger partial charge in [0.25, 0.3) is 12.4 Å². The second-order valence-electron chi connectivity index (χ2n) is 7.55. The van der Waals surface area contributed by atoms with Crippen LogP contribution in [0.3, 0.4) is 0 Å². The Labute approximate surface area is 187 Å². The smallest absolute Gasteiger partial charge is 0.298 e. The second-order valence-corrected chi connectivity index (χ2v) is 7.55. The number of phenols is 1. The highest BCUT2D eigenvalue weighted by molar-refractivity contribution is 5.86. The Morgan fingerprint density at radius 1 is 1.16 bits per heavy atom. The number of phenolic OH excluding ortho intramolecular Hbond substituents is 1. The summed E-state index contributed by atoms with van der Waals surface area (Å²) in [7, 11) is 0. The summed E-state index contributed by atoms with van der Waals surface area (Å²) in [4.78, 5) is 27.1. The molecule has 8 nitrogen and oxygen atoms in total. The molecule has 8 heteroatoms. The van der Waals surface area contributed by atoms with Crippen molar-refractivity contribution in [2.75, 3.05) is 32.7 Å². The Hall–Kier alpha value is -3.49. The van der Waals surface area contributed by atoms with Gasteiger partial charge in [-0.15, -0.1) is 6.58 Å². The molecule has 1 fully saturated rings. The van der Waals surface area contributed by atoms with E-state index in [0.29, 0.717) is 24.2 Å². The summed E-state index contributed by atoms with van der Waals surface area (Å²) in [6.45, 7) is 8.33. The lowest BCUT2D eigenvalue weighted by molar-refractivity contribution is -0.123. The monoisotopic (exact) mass is 436 g/mol. The van der Waals surface area contributed by atoms with Crippen molar-refractivity contribution in [2.45, 2.75) is 13.0 Å². The van der Waals surface area contributed by atoms with Crippen molar-refractivity contribution in [1.82, 2.24) is 15.2 Å². The van der Waals surface area contributed by atoms with E-state index in [1.54, 1.807) is 18.2 Å². The Balaban J connectivity index is 1.42. The lowest BCUT2D eigenvalue weighted by Gasteiger charge is -2.34.